The van der Waals surface area contributed by atoms with Crippen molar-refractivity contribution in [2.45, 2.75) is 271 Å². The van der Waals surface area contributed by atoms with Crippen molar-refractivity contribution in [3.8, 4) is 0 Å². The van der Waals surface area contributed by atoms with Crippen molar-refractivity contribution < 1.29 is 23.8 Å². The second-order valence-corrected chi connectivity index (χ2v) is 16.7. The van der Waals surface area contributed by atoms with Crippen LogP contribution < -0.4 is 0 Å². The van der Waals surface area contributed by atoms with Gasteiger partial charge in [-0.1, -0.05) is 206 Å². The fourth-order valence-electron chi connectivity index (χ4n) is 7.21. The summed E-state index contributed by atoms with van der Waals surface area (Å²) in [5.41, 5.74) is 0. The highest BCUT2D eigenvalue weighted by atomic mass is 16.6. The summed E-state index contributed by atoms with van der Waals surface area (Å²) in [6.07, 6.45) is 54.8. The van der Waals surface area contributed by atoms with Crippen molar-refractivity contribution >= 4 is 11.9 Å². The zero-order valence-corrected chi connectivity index (χ0v) is 37.9. The van der Waals surface area contributed by atoms with Crippen molar-refractivity contribution in [2.24, 2.45) is 0 Å². The Morgan fingerprint density at radius 1 is 0.375 bits per heavy atom. The number of hydrogen-bond donors (Lipinski definition) is 0. The van der Waals surface area contributed by atoms with Gasteiger partial charge in [0.05, 0.1) is 6.61 Å². The van der Waals surface area contributed by atoms with E-state index in [0.717, 1.165) is 38.5 Å². The van der Waals surface area contributed by atoms with Gasteiger partial charge < -0.3 is 14.2 Å². The third kappa shape index (κ3) is 45.1. The molecule has 5 nitrogen and oxygen atoms in total. The molecule has 0 aromatic rings. The number of hydrogen-bond acceptors (Lipinski definition) is 5. The maximum Gasteiger partial charge on any atom is 0.306 e. The van der Waals surface area contributed by atoms with E-state index in [1.165, 1.54) is 193 Å². The van der Waals surface area contributed by atoms with Gasteiger partial charge in [-0.05, 0) is 70.6 Å². The zero-order chi connectivity index (χ0) is 40.7. The van der Waals surface area contributed by atoms with Crippen molar-refractivity contribution in [2.75, 3.05) is 19.8 Å². The summed E-state index contributed by atoms with van der Waals surface area (Å²) in [6, 6.07) is 0. The van der Waals surface area contributed by atoms with E-state index in [0.29, 0.717) is 19.4 Å². The molecule has 1 unspecified atom stereocenters. The second-order valence-electron chi connectivity index (χ2n) is 16.7. The molecule has 0 rings (SSSR count). The van der Waals surface area contributed by atoms with Gasteiger partial charge in [-0.25, -0.2) is 0 Å². The Morgan fingerprint density at radius 2 is 0.696 bits per heavy atom. The fraction of sp³-hybridized carbons (Fsp3) is 0.882. The predicted octanol–water partition coefficient (Wildman–Crippen LogP) is 16.5. The standard InChI is InChI=1S/C51H96O5/c1-4-7-10-13-16-18-20-22-24-26-28-30-32-34-36-38-41-44-50(52)55-48-49(47-54-46-43-40-15-12-9-6-3)56-51(53)45-42-39-37-35-33-31-29-27-25-23-21-19-17-14-11-8-5-2/h22-25,49H,4-21,26-48H2,1-3H3/b24-22-,25-23-. The summed E-state index contributed by atoms with van der Waals surface area (Å²) < 4.78 is 17.3. The maximum absolute atomic E-state index is 12.7. The SMILES string of the molecule is CCCCCCCC/C=C\CCCCCCCCCC(=O)OCC(COCCCCCCCC)OC(=O)CCCCCCCCC/C=C\CCCCCCCC. The van der Waals surface area contributed by atoms with Crippen LogP contribution in [-0.2, 0) is 23.8 Å². The Hall–Kier alpha value is -1.62. The first-order chi connectivity index (χ1) is 27.6. The molecule has 0 radical (unpaired) electrons. The fourth-order valence-corrected chi connectivity index (χ4v) is 7.21. The lowest BCUT2D eigenvalue weighted by Crippen LogP contribution is -2.30. The first kappa shape index (κ1) is 54.4. The van der Waals surface area contributed by atoms with Crippen molar-refractivity contribution in [1.82, 2.24) is 0 Å². The molecule has 330 valence electrons. The molecule has 0 saturated heterocycles. The molecule has 0 amide bonds. The van der Waals surface area contributed by atoms with Gasteiger partial charge >= 0.3 is 11.9 Å². The number of allylic oxidation sites excluding steroid dienone is 4. The third-order valence-corrected chi connectivity index (χ3v) is 11.0. The zero-order valence-electron chi connectivity index (χ0n) is 37.9. The Kier molecular flexibility index (Phi) is 46.4. The van der Waals surface area contributed by atoms with Crippen molar-refractivity contribution in [3.63, 3.8) is 0 Å². The summed E-state index contributed by atoms with van der Waals surface area (Å²) in [7, 11) is 0. The van der Waals surface area contributed by atoms with Crippen LogP contribution in [0.4, 0.5) is 0 Å². The average molecular weight is 789 g/mol. The van der Waals surface area contributed by atoms with Gasteiger partial charge in [-0.2, -0.15) is 0 Å². The van der Waals surface area contributed by atoms with E-state index >= 15 is 0 Å². The highest BCUT2D eigenvalue weighted by Gasteiger charge is 2.17. The molecule has 0 spiro atoms. The molecule has 0 aliphatic carbocycles. The van der Waals surface area contributed by atoms with Crippen molar-refractivity contribution in [3.05, 3.63) is 24.3 Å². The molecule has 0 heterocycles. The van der Waals surface area contributed by atoms with Crippen LogP contribution >= 0.6 is 0 Å². The van der Waals surface area contributed by atoms with Crippen LogP contribution in [0.25, 0.3) is 0 Å². The van der Waals surface area contributed by atoms with Gasteiger partial charge in [-0.15, -0.1) is 0 Å². The Balaban J connectivity index is 4.07. The van der Waals surface area contributed by atoms with Crippen LogP contribution in [0.2, 0.25) is 0 Å². The molecule has 0 aromatic heterocycles. The molecule has 1 atom stereocenters. The van der Waals surface area contributed by atoms with Crippen LogP contribution in [0.3, 0.4) is 0 Å². The molecule has 0 aliphatic heterocycles. The lowest BCUT2D eigenvalue weighted by atomic mass is 10.1. The molecule has 56 heavy (non-hydrogen) atoms. The molecular weight excluding hydrogens is 693 g/mol. The van der Waals surface area contributed by atoms with E-state index in [1.54, 1.807) is 0 Å². The van der Waals surface area contributed by atoms with Gasteiger partial charge in [0.2, 0.25) is 0 Å². The number of carbonyl (C=O) groups excluding carboxylic acids is 2. The Morgan fingerprint density at radius 3 is 1.09 bits per heavy atom. The lowest BCUT2D eigenvalue weighted by Gasteiger charge is -2.18. The highest BCUT2D eigenvalue weighted by molar-refractivity contribution is 5.70. The van der Waals surface area contributed by atoms with Gasteiger partial charge in [0.25, 0.3) is 0 Å². The van der Waals surface area contributed by atoms with Crippen molar-refractivity contribution in [1.29, 1.82) is 0 Å². The predicted molar refractivity (Wildman–Crippen MR) is 242 cm³/mol. The first-order valence-corrected chi connectivity index (χ1v) is 24.9. The summed E-state index contributed by atoms with van der Waals surface area (Å²) in [4.78, 5) is 25.2. The monoisotopic (exact) mass is 789 g/mol. The average Bonchev–Trinajstić information content (AvgIpc) is 3.20. The van der Waals surface area contributed by atoms with E-state index in [2.05, 4.69) is 45.1 Å². The van der Waals surface area contributed by atoms with E-state index in [1.807, 2.05) is 0 Å². The van der Waals surface area contributed by atoms with Crippen LogP contribution in [0.1, 0.15) is 265 Å². The van der Waals surface area contributed by atoms with Crippen LogP contribution in [0.15, 0.2) is 24.3 Å². The molecule has 0 fully saturated rings. The summed E-state index contributed by atoms with van der Waals surface area (Å²) in [6.45, 7) is 7.81. The van der Waals surface area contributed by atoms with E-state index in [4.69, 9.17) is 14.2 Å². The quantitative estimate of drug-likeness (QED) is 0.0349. The molecule has 5 heteroatoms. The number of ether oxygens (including phenoxy) is 3. The van der Waals surface area contributed by atoms with Gasteiger partial charge in [-0.3, -0.25) is 9.59 Å². The molecule has 0 bridgehead atoms. The smallest absolute Gasteiger partial charge is 0.306 e. The number of unbranched alkanes of at least 4 members (excludes halogenated alkanes) is 31. The van der Waals surface area contributed by atoms with Gasteiger partial charge in [0.15, 0.2) is 6.10 Å². The minimum Gasteiger partial charge on any atom is -0.462 e. The lowest BCUT2D eigenvalue weighted by molar-refractivity contribution is -0.163. The van der Waals surface area contributed by atoms with E-state index in [-0.39, 0.29) is 25.2 Å². The Labute approximate surface area is 349 Å². The molecular formula is C51H96O5. The first-order valence-electron chi connectivity index (χ1n) is 24.9. The van der Waals surface area contributed by atoms with E-state index < -0.39 is 6.10 Å². The normalized spacial score (nSPS) is 12.3. The summed E-state index contributed by atoms with van der Waals surface area (Å²) in [5.74, 6) is -0.398. The summed E-state index contributed by atoms with van der Waals surface area (Å²) in [5, 5.41) is 0. The summed E-state index contributed by atoms with van der Waals surface area (Å²) >= 11 is 0. The highest BCUT2D eigenvalue weighted by Crippen LogP contribution is 2.14. The van der Waals surface area contributed by atoms with Gasteiger partial charge in [0.1, 0.15) is 6.61 Å². The number of esters is 2. The van der Waals surface area contributed by atoms with Crippen LogP contribution in [-0.4, -0.2) is 37.9 Å². The second kappa shape index (κ2) is 47.8. The van der Waals surface area contributed by atoms with Gasteiger partial charge in [0, 0.05) is 19.4 Å². The molecule has 0 aromatic carbocycles. The molecule has 0 saturated carbocycles. The largest absolute Gasteiger partial charge is 0.462 e. The van der Waals surface area contributed by atoms with E-state index in [9.17, 15) is 9.59 Å². The van der Waals surface area contributed by atoms with Crippen LogP contribution in [0, 0.1) is 0 Å². The molecule has 0 N–H and O–H groups in total. The van der Waals surface area contributed by atoms with Crippen LogP contribution in [0.5, 0.6) is 0 Å². The third-order valence-electron chi connectivity index (χ3n) is 11.0. The minimum absolute atomic E-state index is 0.0860. The number of rotatable bonds is 46. The molecule has 0 aliphatic rings. The maximum atomic E-state index is 12.7. The minimum atomic E-state index is -0.531. The Bertz CT molecular complexity index is 851. The topological polar surface area (TPSA) is 61.8 Å². The number of carbonyl (C=O) groups is 2.